The van der Waals surface area contributed by atoms with Crippen molar-refractivity contribution < 1.29 is 0 Å². The van der Waals surface area contributed by atoms with Gasteiger partial charge in [-0.15, -0.1) is 6.58 Å². The van der Waals surface area contributed by atoms with Crippen molar-refractivity contribution in [3.05, 3.63) is 66.0 Å². The molecule has 16 heavy (non-hydrogen) atoms. The van der Waals surface area contributed by atoms with E-state index >= 15 is 0 Å². The highest BCUT2D eigenvalue weighted by Gasteiger charge is 2.05. The fraction of sp³-hybridized carbons (Fsp3) is 0.0769. The van der Waals surface area contributed by atoms with E-state index in [2.05, 4.69) is 28.9 Å². The number of aromatic nitrogens is 2. The van der Waals surface area contributed by atoms with Crippen molar-refractivity contribution in [1.29, 1.82) is 0 Å². The van der Waals surface area contributed by atoms with E-state index in [0.717, 1.165) is 22.4 Å². The van der Waals surface area contributed by atoms with Gasteiger partial charge < -0.3 is 0 Å². The lowest BCUT2D eigenvalue weighted by Crippen LogP contribution is -1.98. The summed E-state index contributed by atoms with van der Waals surface area (Å²) < 4.78 is 0. The van der Waals surface area contributed by atoms with Gasteiger partial charge >= 0.3 is 0 Å². The third-order valence-corrected chi connectivity index (χ3v) is 2.80. The quantitative estimate of drug-likeness (QED) is 0.495. The van der Waals surface area contributed by atoms with Crippen LogP contribution in [0.15, 0.2) is 49.3 Å². The van der Waals surface area contributed by atoms with E-state index in [1.54, 1.807) is 6.20 Å². The van der Waals surface area contributed by atoms with Gasteiger partial charge in [-0.1, -0.05) is 36.5 Å². The Balaban J connectivity index is 2.30. The van der Waals surface area contributed by atoms with Gasteiger partial charge in [0.25, 0.3) is 0 Å². The first-order valence-electron chi connectivity index (χ1n) is 5.04. The van der Waals surface area contributed by atoms with Gasteiger partial charge in [-0.25, -0.2) is 0 Å². The highest BCUT2D eigenvalue weighted by molar-refractivity contribution is 7.81. The molecule has 0 unspecified atom stereocenters. The molecule has 80 valence electrons. The van der Waals surface area contributed by atoms with Crippen molar-refractivity contribution in [3.63, 3.8) is 0 Å². The molecule has 0 saturated heterocycles. The molecule has 0 radical (unpaired) electrons. The fourth-order valence-corrected chi connectivity index (χ4v) is 1.79. The van der Waals surface area contributed by atoms with Crippen LogP contribution >= 0.6 is 12.2 Å². The first-order chi connectivity index (χ1) is 7.81. The molecule has 0 aliphatic carbocycles. The van der Waals surface area contributed by atoms with Gasteiger partial charge in [0, 0.05) is 11.8 Å². The monoisotopic (exact) mass is 228 g/mol. The lowest BCUT2D eigenvalue weighted by atomic mass is 10.0. The zero-order chi connectivity index (χ0) is 11.4. The second-order valence-electron chi connectivity index (χ2n) is 3.51. The lowest BCUT2D eigenvalue weighted by Gasteiger charge is -2.03. The number of nitrogens with one attached hydrogen (secondary N) is 1. The van der Waals surface area contributed by atoms with Gasteiger partial charge in [-0.2, -0.15) is 5.10 Å². The van der Waals surface area contributed by atoms with Crippen LogP contribution in [0.2, 0.25) is 0 Å². The summed E-state index contributed by atoms with van der Waals surface area (Å²) in [6, 6.07) is 8.20. The van der Waals surface area contributed by atoms with Crippen molar-refractivity contribution in [2.75, 3.05) is 0 Å². The number of aromatic amines is 1. The highest BCUT2D eigenvalue weighted by Crippen LogP contribution is 2.12. The molecule has 2 nitrogen and oxygen atoms in total. The van der Waals surface area contributed by atoms with E-state index in [1.807, 2.05) is 24.4 Å². The Bertz CT molecular complexity index is 500. The maximum Gasteiger partial charge on any atom is 0.0574 e. The van der Waals surface area contributed by atoms with Crippen molar-refractivity contribution >= 4 is 17.1 Å². The Kier molecular flexibility index (Phi) is 3.27. The number of allylic oxidation sites excluding steroid dienone is 1. The van der Waals surface area contributed by atoms with Gasteiger partial charge in [0.15, 0.2) is 0 Å². The molecule has 0 atom stereocenters. The summed E-state index contributed by atoms with van der Waals surface area (Å²) >= 11 is 5.40. The zero-order valence-electron chi connectivity index (χ0n) is 8.81. The van der Waals surface area contributed by atoms with Gasteiger partial charge in [-0.3, -0.25) is 5.10 Å². The molecule has 0 aliphatic heterocycles. The van der Waals surface area contributed by atoms with E-state index in [9.17, 15) is 0 Å². The summed E-state index contributed by atoms with van der Waals surface area (Å²) in [5.74, 6) is 0. The van der Waals surface area contributed by atoms with Crippen LogP contribution in [0, 0.1) is 0 Å². The fourth-order valence-electron chi connectivity index (χ4n) is 1.55. The summed E-state index contributed by atoms with van der Waals surface area (Å²) in [6.45, 7) is 3.73. The molecule has 3 heteroatoms. The zero-order valence-corrected chi connectivity index (χ0v) is 9.63. The average molecular weight is 228 g/mol. The minimum Gasteiger partial charge on any atom is -0.285 e. The minimum absolute atomic E-state index is 0.819. The Labute approximate surface area is 100 Å². The minimum atomic E-state index is 0.819. The number of H-pyrrole nitrogens is 1. The number of benzene rings is 1. The predicted molar refractivity (Wildman–Crippen MR) is 69.7 cm³/mol. The van der Waals surface area contributed by atoms with Crippen LogP contribution in [0.4, 0.5) is 0 Å². The maximum absolute atomic E-state index is 5.40. The molecule has 1 aromatic heterocycles. The van der Waals surface area contributed by atoms with Crippen molar-refractivity contribution in [2.45, 2.75) is 6.42 Å². The SMILES string of the molecule is C=CCc1cccc(C(=S)c2cn[nH]c2)c1. The van der Waals surface area contributed by atoms with Crippen molar-refractivity contribution in [2.24, 2.45) is 0 Å². The van der Waals surface area contributed by atoms with Crippen LogP contribution in [0.25, 0.3) is 0 Å². The molecule has 0 aliphatic rings. The molecule has 2 aromatic rings. The summed E-state index contributed by atoms with van der Waals surface area (Å²) in [6.07, 6.45) is 6.30. The Morgan fingerprint density at radius 2 is 2.31 bits per heavy atom. The van der Waals surface area contributed by atoms with Crippen LogP contribution in [0.3, 0.4) is 0 Å². The van der Waals surface area contributed by atoms with Crippen LogP contribution in [-0.2, 0) is 6.42 Å². The first kappa shape index (κ1) is 10.8. The number of hydrogen-bond acceptors (Lipinski definition) is 2. The lowest BCUT2D eigenvalue weighted by molar-refractivity contribution is 1.09. The van der Waals surface area contributed by atoms with E-state index in [0.29, 0.717) is 0 Å². The molecule has 0 fully saturated rings. The van der Waals surface area contributed by atoms with Crippen LogP contribution in [0.1, 0.15) is 16.7 Å². The van der Waals surface area contributed by atoms with Crippen LogP contribution < -0.4 is 0 Å². The molecule has 0 saturated carbocycles. The molecular formula is C13H12N2S. The van der Waals surface area contributed by atoms with Gasteiger partial charge in [0.05, 0.1) is 11.1 Å². The normalized spacial score (nSPS) is 10.0. The molecule has 0 bridgehead atoms. The van der Waals surface area contributed by atoms with Gasteiger partial charge in [-0.05, 0) is 23.6 Å². The molecule has 2 rings (SSSR count). The average Bonchev–Trinajstić information content (AvgIpc) is 2.82. The smallest absolute Gasteiger partial charge is 0.0574 e. The number of thiocarbonyl (C=S) groups is 1. The Morgan fingerprint density at radius 1 is 1.44 bits per heavy atom. The van der Waals surface area contributed by atoms with Gasteiger partial charge in [0.2, 0.25) is 0 Å². The van der Waals surface area contributed by atoms with Crippen molar-refractivity contribution in [1.82, 2.24) is 10.2 Å². The first-order valence-corrected chi connectivity index (χ1v) is 5.45. The van der Waals surface area contributed by atoms with Gasteiger partial charge in [0.1, 0.15) is 0 Å². The van der Waals surface area contributed by atoms with E-state index in [1.165, 1.54) is 5.56 Å². The summed E-state index contributed by atoms with van der Waals surface area (Å²) in [7, 11) is 0. The third-order valence-electron chi connectivity index (χ3n) is 2.33. The molecular weight excluding hydrogens is 216 g/mol. The topological polar surface area (TPSA) is 28.7 Å². The molecule has 1 N–H and O–H groups in total. The predicted octanol–water partition coefficient (Wildman–Crippen LogP) is 2.90. The van der Waals surface area contributed by atoms with Crippen LogP contribution in [0.5, 0.6) is 0 Å². The van der Waals surface area contributed by atoms with Crippen LogP contribution in [-0.4, -0.2) is 15.1 Å². The number of rotatable bonds is 4. The molecule has 0 spiro atoms. The maximum atomic E-state index is 5.40. The molecule has 1 aromatic carbocycles. The Hall–Kier alpha value is -1.74. The third kappa shape index (κ3) is 2.25. The van der Waals surface area contributed by atoms with E-state index in [-0.39, 0.29) is 0 Å². The summed E-state index contributed by atoms with van der Waals surface area (Å²) in [5, 5.41) is 6.67. The number of hydrogen-bond donors (Lipinski definition) is 1. The Morgan fingerprint density at radius 3 is 3.00 bits per heavy atom. The van der Waals surface area contributed by atoms with Crippen molar-refractivity contribution in [3.8, 4) is 0 Å². The number of nitrogens with zero attached hydrogens (tertiary/aromatic N) is 1. The second kappa shape index (κ2) is 4.86. The second-order valence-corrected chi connectivity index (χ2v) is 3.92. The molecule has 1 heterocycles. The highest BCUT2D eigenvalue weighted by atomic mass is 32.1. The van der Waals surface area contributed by atoms with E-state index < -0.39 is 0 Å². The summed E-state index contributed by atoms with van der Waals surface area (Å²) in [5.41, 5.74) is 3.22. The van der Waals surface area contributed by atoms with E-state index in [4.69, 9.17) is 12.2 Å². The largest absolute Gasteiger partial charge is 0.285 e. The molecule has 0 amide bonds. The standard InChI is InChI=1S/C13H12N2S/c1-2-4-10-5-3-6-11(7-10)13(16)12-8-14-15-9-12/h2-3,5-9H,1,4H2,(H,14,15). The summed E-state index contributed by atoms with van der Waals surface area (Å²) in [4.78, 5) is 0.819.